The van der Waals surface area contributed by atoms with E-state index < -0.39 is 0 Å². The molecule has 2 atom stereocenters. The summed E-state index contributed by atoms with van der Waals surface area (Å²) in [5.74, 6) is 1.27. The summed E-state index contributed by atoms with van der Waals surface area (Å²) in [5, 5.41) is 4.18. The van der Waals surface area contributed by atoms with Crippen LogP contribution in [0.2, 0.25) is 0 Å². The van der Waals surface area contributed by atoms with E-state index in [9.17, 15) is 4.79 Å². The van der Waals surface area contributed by atoms with Gasteiger partial charge in [-0.1, -0.05) is 0 Å². The van der Waals surface area contributed by atoms with E-state index in [1.807, 2.05) is 11.1 Å². The van der Waals surface area contributed by atoms with E-state index in [0.717, 1.165) is 56.2 Å². The highest BCUT2D eigenvalue weighted by Gasteiger charge is 2.43. The summed E-state index contributed by atoms with van der Waals surface area (Å²) in [7, 11) is 3.92. The van der Waals surface area contributed by atoms with E-state index in [0.29, 0.717) is 6.54 Å². The summed E-state index contributed by atoms with van der Waals surface area (Å²) in [6.07, 6.45) is 5.52. The zero-order valence-corrected chi connectivity index (χ0v) is 15.7. The van der Waals surface area contributed by atoms with Crippen LogP contribution in [0.5, 0.6) is 0 Å². The molecule has 0 spiro atoms. The molecule has 2 unspecified atom stereocenters. The number of carbonyl (C=O) groups is 1. The molecule has 0 aromatic carbocycles. The molecule has 2 bridgehead atoms. The molecule has 1 aliphatic carbocycles. The lowest BCUT2D eigenvalue weighted by Crippen LogP contribution is -2.47. The molecule has 4 aliphatic rings. The van der Waals surface area contributed by atoms with Crippen LogP contribution in [0, 0.1) is 0 Å². The van der Waals surface area contributed by atoms with Crippen molar-refractivity contribution in [2.75, 3.05) is 44.7 Å². The molecule has 2 fully saturated rings. The summed E-state index contributed by atoms with van der Waals surface area (Å²) < 4.78 is 1.56. The Labute approximate surface area is 158 Å². The predicted octanol–water partition coefficient (Wildman–Crippen LogP) is 0.431. The van der Waals surface area contributed by atoms with Crippen LogP contribution < -0.4 is 4.90 Å². The van der Waals surface area contributed by atoms with E-state index in [2.05, 4.69) is 31.9 Å². The van der Waals surface area contributed by atoms with E-state index in [4.69, 9.17) is 4.98 Å². The van der Waals surface area contributed by atoms with Gasteiger partial charge in [-0.05, 0) is 19.9 Å². The minimum Gasteiger partial charge on any atom is -0.338 e. The first-order chi connectivity index (χ1) is 13.1. The van der Waals surface area contributed by atoms with Gasteiger partial charge in [-0.15, -0.1) is 5.10 Å². The maximum atomic E-state index is 12.9. The van der Waals surface area contributed by atoms with Crippen LogP contribution in [0.4, 0.5) is 5.95 Å². The molecule has 0 saturated carbocycles. The van der Waals surface area contributed by atoms with E-state index in [1.165, 1.54) is 0 Å². The largest absolute Gasteiger partial charge is 0.338 e. The first-order valence-electron chi connectivity index (χ1n) is 9.57. The van der Waals surface area contributed by atoms with Gasteiger partial charge < -0.3 is 14.7 Å². The molecule has 9 heteroatoms. The Balaban J connectivity index is 1.42. The normalized spacial score (nSPS) is 25.0. The van der Waals surface area contributed by atoms with E-state index >= 15 is 0 Å². The Morgan fingerprint density at radius 1 is 1.11 bits per heavy atom. The maximum Gasteiger partial charge on any atom is 0.294 e. The van der Waals surface area contributed by atoms with Crippen molar-refractivity contribution in [1.82, 2.24) is 34.5 Å². The van der Waals surface area contributed by atoms with Crippen LogP contribution in [0.15, 0.2) is 12.5 Å². The monoisotopic (exact) mass is 368 g/mol. The number of hydrogen-bond donors (Lipinski definition) is 0. The van der Waals surface area contributed by atoms with Crippen molar-refractivity contribution in [3.8, 4) is 0 Å². The summed E-state index contributed by atoms with van der Waals surface area (Å²) in [4.78, 5) is 33.1. The van der Waals surface area contributed by atoms with Crippen molar-refractivity contribution in [3.63, 3.8) is 0 Å². The molecule has 1 amide bonds. The fourth-order valence-corrected chi connectivity index (χ4v) is 4.44. The number of hydrogen-bond acceptors (Lipinski definition) is 7. The number of rotatable bonds is 2. The number of carbonyl (C=O) groups excluding carboxylic acids is 1. The van der Waals surface area contributed by atoms with Crippen LogP contribution >= 0.6 is 0 Å². The number of likely N-dealkylation sites (N-methyl/N-ethyl adjacent to an activating group) is 1. The second-order valence-corrected chi connectivity index (χ2v) is 7.79. The highest BCUT2D eigenvalue weighted by molar-refractivity contribution is 5.91. The first kappa shape index (κ1) is 16.6. The Hall–Kier alpha value is -2.55. The molecule has 6 rings (SSSR count). The number of aryl methyl sites for hydroxylation is 1. The molecular formula is C18H24N8O. The van der Waals surface area contributed by atoms with Crippen LogP contribution in [0.1, 0.15) is 46.7 Å². The Kier molecular flexibility index (Phi) is 3.85. The number of fused-ring (bicyclic) bond motifs is 2. The average Bonchev–Trinajstić information content (AvgIpc) is 3.14. The minimum absolute atomic E-state index is 0.0304. The molecule has 3 aliphatic heterocycles. The Bertz CT molecular complexity index is 872. The van der Waals surface area contributed by atoms with Gasteiger partial charge in [-0.25, -0.2) is 15.0 Å². The van der Waals surface area contributed by atoms with Gasteiger partial charge in [0.25, 0.3) is 5.91 Å². The minimum atomic E-state index is -0.0981. The highest BCUT2D eigenvalue weighted by Crippen LogP contribution is 2.46. The zero-order valence-electron chi connectivity index (χ0n) is 15.7. The number of piperazine rings is 1. The molecule has 2 aromatic heterocycles. The fourth-order valence-electron chi connectivity index (χ4n) is 4.44. The third-order valence-electron chi connectivity index (χ3n) is 6.00. The first-order valence-corrected chi connectivity index (χ1v) is 9.57. The fraction of sp³-hybridized carbons (Fsp3) is 0.611. The van der Waals surface area contributed by atoms with Crippen LogP contribution in [-0.4, -0.2) is 80.2 Å². The molecule has 0 radical (unpaired) electrons. The number of aromatic nitrogens is 5. The van der Waals surface area contributed by atoms with Crippen molar-refractivity contribution in [1.29, 1.82) is 0 Å². The molecule has 5 heterocycles. The smallest absolute Gasteiger partial charge is 0.294 e. The van der Waals surface area contributed by atoms with Gasteiger partial charge in [0.2, 0.25) is 11.8 Å². The molecule has 27 heavy (non-hydrogen) atoms. The predicted molar refractivity (Wildman–Crippen MR) is 98.5 cm³/mol. The second-order valence-electron chi connectivity index (χ2n) is 7.79. The topological polar surface area (TPSA) is 83.3 Å². The van der Waals surface area contributed by atoms with Crippen LogP contribution in [-0.2, 0) is 7.05 Å². The van der Waals surface area contributed by atoms with Gasteiger partial charge in [-0.2, -0.15) is 0 Å². The van der Waals surface area contributed by atoms with E-state index in [1.54, 1.807) is 18.1 Å². The third kappa shape index (κ3) is 2.77. The second kappa shape index (κ2) is 6.26. The van der Waals surface area contributed by atoms with Gasteiger partial charge in [0, 0.05) is 57.4 Å². The number of amides is 1. The molecular weight excluding hydrogens is 344 g/mol. The zero-order chi connectivity index (χ0) is 18.5. The Morgan fingerprint density at radius 3 is 2.67 bits per heavy atom. The van der Waals surface area contributed by atoms with Gasteiger partial charge in [0.15, 0.2) is 0 Å². The van der Waals surface area contributed by atoms with Gasteiger partial charge in [-0.3, -0.25) is 9.48 Å². The lowest BCUT2D eigenvalue weighted by molar-refractivity contribution is 0.0522. The lowest BCUT2D eigenvalue weighted by Gasteiger charge is -2.45. The van der Waals surface area contributed by atoms with Crippen LogP contribution in [0.25, 0.3) is 0 Å². The van der Waals surface area contributed by atoms with Crippen molar-refractivity contribution in [2.24, 2.45) is 7.05 Å². The summed E-state index contributed by atoms with van der Waals surface area (Å²) in [6.45, 7) is 4.67. The van der Waals surface area contributed by atoms with Gasteiger partial charge in [0.05, 0.1) is 11.7 Å². The van der Waals surface area contributed by atoms with Crippen molar-refractivity contribution in [2.45, 2.75) is 24.8 Å². The summed E-state index contributed by atoms with van der Waals surface area (Å²) >= 11 is 0. The van der Waals surface area contributed by atoms with Crippen molar-refractivity contribution >= 4 is 11.9 Å². The third-order valence-corrected chi connectivity index (χ3v) is 6.00. The Morgan fingerprint density at radius 2 is 1.93 bits per heavy atom. The lowest BCUT2D eigenvalue weighted by atomic mass is 9.78. The molecule has 9 nitrogen and oxygen atoms in total. The number of nitrogens with zero attached hydrogens (tertiary/aromatic N) is 8. The van der Waals surface area contributed by atoms with Crippen molar-refractivity contribution in [3.05, 3.63) is 29.6 Å². The molecule has 2 saturated heterocycles. The quantitative estimate of drug-likeness (QED) is 0.760. The molecule has 0 N–H and O–H groups in total. The molecule has 142 valence electrons. The SMILES string of the molecule is CN1CCN(c2ncc3c(n2)C2CCC3N(C(=O)c3ncn(C)n3)C2)CC1. The highest BCUT2D eigenvalue weighted by atomic mass is 16.2. The van der Waals surface area contributed by atoms with Crippen LogP contribution in [0.3, 0.4) is 0 Å². The average molecular weight is 368 g/mol. The molecule has 2 aromatic rings. The summed E-state index contributed by atoms with van der Waals surface area (Å²) in [6, 6.07) is 0.0304. The van der Waals surface area contributed by atoms with Crippen molar-refractivity contribution < 1.29 is 4.79 Å². The maximum absolute atomic E-state index is 12.9. The standard InChI is InChI=1S/C18H24N8O/c1-23-5-7-25(8-6-23)18-19-9-13-14-4-3-12(15(13)21-18)10-26(14)17(27)16-20-11-24(2)22-16/h9,11-12,14H,3-8,10H2,1-2H3. The van der Waals surface area contributed by atoms with Gasteiger partial charge >= 0.3 is 0 Å². The van der Waals surface area contributed by atoms with E-state index in [-0.39, 0.29) is 23.7 Å². The number of anilines is 1. The summed E-state index contributed by atoms with van der Waals surface area (Å²) in [5.41, 5.74) is 2.23. The number of piperidine rings is 1. The van der Waals surface area contributed by atoms with Gasteiger partial charge in [0.1, 0.15) is 6.33 Å².